The number of carboxylic acid groups (broad SMARTS) is 1. The molecule has 8 nitrogen and oxygen atoms in total. The summed E-state index contributed by atoms with van der Waals surface area (Å²) in [5.74, 6) is -4.03. The second kappa shape index (κ2) is 8.46. The van der Waals surface area contributed by atoms with Gasteiger partial charge in [0.15, 0.2) is 5.82 Å². The standard InChI is InChI=1S/C25H23F2N3O5/c1-35-25(34)13-4-2-12(3-5-13)16-9-29(11-19(16)28)22-18(26)8-15-21(20(22)27)30(14-6-7-14)10-17(23(15)31)24(32)33/h2-5,8,10,14,16,19H,6-7,9,11,28H2,1H3,(H,32,33)/t16-,19+/m1/s1. The van der Waals surface area contributed by atoms with Crippen molar-refractivity contribution in [1.29, 1.82) is 0 Å². The number of carbonyl (C=O) groups excluding carboxylic acids is 1. The third-order valence-electron chi connectivity index (χ3n) is 6.80. The number of aromatic nitrogens is 1. The number of halogens is 2. The van der Waals surface area contributed by atoms with Gasteiger partial charge in [-0.05, 0) is 36.6 Å². The fourth-order valence-electron chi connectivity index (χ4n) is 4.86. The highest BCUT2D eigenvalue weighted by Gasteiger charge is 2.36. The van der Waals surface area contributed by atoms with Crippen molar-refractivity contribution in [3.8, 4) is 0 Å². The number of carbonyl (C=O) groups is 2. The highest BCUT2D eigenvalue weighted by atomic mass is 19.1. The first-order chi connectivity index (χ1) is 16.7. The van der Waals surface area contributed by atoms with Crippen LogP contribution in [0.3, 0.4) is 0 Å². The van der Waals surface area contributed by atoms with Crippen LogP contribution in [0, 0.1) is 11.6 Å². The van der Waals surface area contributed by atoms with Crippen molar-refractivity contribution >= 4 is 28.5 Å². The fourth-order valence-corrected chi connectivity index (χ4v) is 4.86. The quantitative estimate of drug-likeness (QED) is 0.536. The van der Waals surface area contributed by atoms with Gasteiger partial charge in [0, 0.05) is 37.3 Å². The van der Waals surface area contributed by atoms with Crippen LogP contribution in [0.4, 0.5) is 14.5 Å². The number of benzene rings is 2. The molecule has 3 N–H and O–H groups in total. The first kappa shape index (κ1) is 23.0. The molecule has 2 heterocycles. The largest absolute Gasteiger partial charge is 0.477 e. The molecule has 5 rings (SSSR count). The number of nitrogens with two attached hydrogens (primary N) is 1. The SMILES string of the molecule is COC(=O)c1ccc([C@H]2CN(c3c(F)cc4c(=O)c(C(=O)O)cn(C5CC5)c4c3F)C[C@@H]2N)cc1. The Balaban J connectivity index is 1.56. The molecule has 182 valence electrons. The lowest BCUT2D eigenvalue weighted by atomic mass is 9.94. The number of rotatable bonds is 5. The second-order valence-electron chi connectivity index (χ2n) is 9.02. The molecule has 2 atom stereocenters. The summed E-state index contributed by atoms with van der Waals surface area (Å²) in [6.45, 7) is 0.391. The van der Waals surface area contributed by atoms with Crippen LogP contribution < -0.4 is 16.1 Å². The van der Waals surface area contributed by atoms with Gasteiger partial charge < -0.3 is 25.0 Å². The molecule has 10 heteroatoms. The van der Waals surface area contributed by atoms with Crippen molar-refractivity contribution in [1.82, 2.24) is 4.57 Å². The van der Waals surface area contributed by atoms with Crippen LogP contribution in [0.25, 0.3) is 10.9 Å². The Labute approximate surface area is 198 Å². The van der Waals surface area contributed by atoms with Gasteiger partial charge in [-0.2, -0.15) is 0 Å². The lowest BCUT2D eigenvalue weighted by Crippen LogP contribution is -2.29. The minimum Gasteiger partial charge on any atom is -0.477 e. The van der Waals surface area contributed by atoms with Crippen molar-refractivity contribution in [3.63, 3.8) is 0 Å². The number of aromatic carboxylic acids is 1. The summed E-state index contributed by atoms with van der Waals surface area (Å²) >= 11 is 0. The van der Waals surface area contributed by atoms with Crippen molar-refractivity contribution in [3.05, 3.63) is 75.1 Å². The summed E-state index contributed by atoms with van der Waals surface area (Å²) in [4.78, 5) is 37.4. The third-order valence-corrected chi connectivity index (χ3v) is 6.80. The number of carboxylic acids is 1. The molecule has 1 aliphatic carbocycles. The summed E-state index contributed by atoms with van der Waals surface area (Å²) in [7, 11) is 1.29. The van der Waals surface area contributed by atoms with Gasteiger partial charge in [0.25, 0.3) is 0 Å². The van der Waals surface area contributed by atoms with Crippen LogP contribution >= 0.6 is 0 Å². The Kier molecular flexibility index (Phi) is 5.55. The maximum absolute atomic E-state index is 15.9. The van der Waals surface area contributed by atoms with E-state index in [9.17, 15) is 19.5 Å². The minimum absolute atomic E-state index is 0.0987. The topological polar surface area (TPSA) is 115 Å². The summed E-state index contributed by atoms with van der Waals surface area (Å²) < 4.78 is 37.3. The second-order valence-corrected chi connectivity index (χ2v) is 9.02. The van der Waals surface area contributed by atoms with E-state index in [2.05, 4.69) is 0 Å². The Bertz CT molecular complexity index is 1420. The van der Waals surface area contributed by atoms with Gasteiger partial charge in [0.05, 0.1) is 23.6 Å². The summed E-state index contributed by atoms with van der Waals surface area (Å²) in [5.41, 5.74) is 5.71. The molecule has 35 heavy (non-hydrogen) atoms. The summed E-state index contributed by atoms with van der Waals surface area (Å²) in [5, 5.41) is 9.10. The summed E-state index contributed by atoms with van der Waals surface area (Å²) in [6.07, 6.45) is 2.57. The maximum atomic E-state index is 15.9. The van der Waals surface area contributed by atoms with Crippen LogP contribution in [0.2, 0.25) is 0 Å². The first-order valence-electron chi connectivity index (χ1n) is 11.2. The van der Waals surface area contributed by atoms with Gasteiger partial charge >= 0.3 is 11.9 Å². The Morgan fingerprint density at radius 2 is 1.83 bits per heavy atom. The van der Waals surface area contributed by atoms with Crippen LogP contribution in [0.5, 0.6) is 0 Å². The highest BCUT2D eigenvalue weighted by molar-refractivity contribution is 5.94. The normalized spacial score (nSPS) is 19.8. The average Bonchev–Trinajstić information content (AvgIpc) is 3.61. The van der Waals surface area contributed by atoms with E-state index in [1.54, 1.807) is 24.3 Å². The number of hydrogen-bond acceptors (Lipinski definition) is 6. The molecule has 0 unspecified atom stereocenters. The van der Waals surface area contributed by atoms with Crippen molar-refractivity contribution in [2.45, 2.75) is 30.8 Å². The van der Waals surface area contributed by atoms with Gasteiger partial charge in [0.2, 0.25) is 5.43 Å². The molecule has 0 spiro atoms. The number of fused-ring (bicyclic) bond motifs is 1. The van der Waals surface area contributed by atoms with E-state index in [1.807, 2.05) is 0 Å². The molecule has 1 saturated carbocycles. The van der Waals surface area contributed by atoms with E-state index < -0.39 is 40.6 Å². The monoisotopic (exact) mass is 483 g/mol. The Hall–Kier alpha value is -3.79. The number of esters is 1. The van der Waals surface area contributed by atoms with E-state index in [0.717, 1.165) is 17.8 Å². The third kappa shape index (κ3) is 3.83. The zero-order chi connectivity index (χ0) is 25.0. The predicted molar refractivity (Wildman–Crippen MR) is 124 cm³/mol. The molecule has 2 fully saturated rings. The number of pyridine rings is 1. The number of hydrogen-bond donors (Lipinski definition) is 2. The van der Waals surface area contributed by atoms with Gasteiger partial charge in [-0.25, -0.2) is 18.4 Å². The molecule has 1 aromatic heterocycles. The number of methoxy groups -OCH3 is 1. The lowest BCUT2D eigenvalue weighted by molar-refractivity contribution is 0.0599. The minimum atomic E-state index is -1.44. The van der Waals surface area contributed by atoms with Gasteiger partial charge in [-0.15, -0.1) is 0 Å². The number of anilines is 1. The first-order valence-corrected chi connectivity index (χ1v) is 11.2. The molecular weight excluding hydrogens is 460 g/mol. The van der Waals surface area contributed by atoms with E-state index in [0.29, 0.717) is 18.4 Å². The molecule has 0 bridgehead atoms. The van der Waals surface area contributed by atoms with Crippen LogP contribution in [-0.2, 0) is 4.74 Å². The Morgan fingerprint density at radius 3 is 2.43 bits per heavy atom. The average molecular weight is 483 g/mol. The zero-order valence-corrected chi connectivity index (χ0v) is 18.8. The molecular formula is C25H23F2N3O5. The van der Waals surface area contributed by atoms with Gasteiger partial charge in [-0.1, -0.05) is 12.1 Å². The van der Waals surface area contributed by atoms with Crippen LogP contribution in [0.15, 0.2) is 41.3 Å². The molecule has 1 saturated heterocycles. The van der Waals surface area contributed by atoms with Crippen LogP contribution in [0.1, 0.15) is 51.1 Å². The molecule has 1 aliphatic heterocycles. The molecule has 2 aliphatic rings. The fraction of sp³-hybridized carbons (Fsp3) is 0.320. The number of nitrogens with zero attached hydrogens (tertiary/aromatic N) is 2. The highest BCUT2D eigenvalue weighted by Crippen LogP contribution is 2.41. The zero-order valence-electron chi connectivity index (χ0n) is 18.8. The van der Waals surface area contributed by atoms with Crippen molar-refractivity contribution in [2.75, 3.05) is 25.1 Å². The lowest BCUT2D eigenvalue weighted by Gasteiger charge is -2.22. The Morgan fingerprint density at radius 1 is 1.14 bits per heavy atom. The van der Waals surface area contributed by atoms with Gasteiger partial charge in [0.1, 0.15) is 17.1 Å². The molecule has 2 aromatic carbocycles. The van der Waals surface area contributed by atoms with Gasteiger partial charge in [-0.3, -0.25) is 4.79 Å². The van der Waals surface area contributed by atoms with E-state index in [-0.39, 0.29) is 41.6 Å². The van der Waals surface area contributed by atoms with Crippen LogP contribution in [-0.4, -0.2) is 47.9 Å². The number of ether oxygens (including phenoxy) is 1. The molecule has 0 radical (unpaired) electrons. The molecule has 0 amide bonds. The van der Waals surface area contributed by atoms with Crippen molar-refractivity contribution < 1.29 is 28.2 Å². The maximum Gasteiger partial charge on any atom is 0.341 e. The van der Waals surface area contributed by atoms with E-state index in [1.165, 1.54) is 16.6 Å². The summed E-state index contributed by atoms with van der Waals surface area (Å²) in [6, 6.07) is 7.05. The van der Waals surface area contributed by atoms with Crippen molar-refractivity contribution in [2.24, 2.45) is 5.73 Å². The molecule has 3 aromatic rings. The smallest absolute Gasteiger partial charge is 0.341 e. The van der Waals surface area contributed by atoms with E-state index in [4.69, 9.17) is 10.5 Å². The predicted octanol–water partition coefficient (Wildman–Crippen LogP) is 3.03. The van der Waals surface area contributed by atoms with E-state index >= 15 is 8.78 Å².